The van der Waals surface area contributed by atoms with Crippen LogP contribution in [0.25, 0.3) is 0 Å². The van der Waals surface area contributed by atoms with Crippen LogP contribution in [0, 0.1) is 0 Å². The lowest BCUT2D eigenvalue weighted by Gasteiger charge is -2.24. The average Bonchev–Trinajstić information content (AvgIpc) is 2.62. The van der Waals surface area contributed by atoms with Crippen molar-refractivity contribution in [2.24, 2.45) is 5.73 Å². The van der Waals surface area contributed by atoms with Crippen LogP contribution >= 0.6 is 0 Å². The summed E-state index contributed by atoms with van der Waals surface area (Å²) in [6.45, 7) is 6.43. The van der Waals surface area contributed by atoms with E-state index in [9.17, 15) is 9.59 Å². The normalized spacial score (nSPS) is 11.0. The molecule has 0 fully saturated rings. The van der Waals surface area contributed by atoms with Crippen molar-refractivity contribution in [3.8, 4) is 0 Å². The summed E-state index contributed by atoms with van der Waals surface area (Å²) in [6, 6.07) is 14.0. The number of rotatable bonds is 6. The first-order valence-corrected chi connectivity index (χ1v) is 8.37. The number of nitrogens with one attached hydrogen (secondary N) is 2. The fraction of sp³-hybridized carbons (Fsp3) is 0.300. The molecular weight excluding hydrogens is 314 g/mol. The lowest BCUT2D eigenvalue weighted by Crippen LogP contribution is -2.42. The Morgan fingerprint density at radius 3 is 1.96 bits per heavy atom. The van der Waals surface area contributed by atoms with Crippen LogP contribution in [0.15, 0.2) is 48.5 Å². The minimum Gasteiger partial charge on any atom is -0.347 e. The van der Waals surface area contributed by atoms with Gasteiger partial charge >= 0.3 is 0 Å². The van der Waals surface area contributed by atoms with E-state index in [0.717, 1.165) is 12.0 Å². The van der Waals surface area contributed by atoms with Gasteiger partial charge in [0, 0.05) is 28.9 Å². The van der Waals surface area contributed by atoms with Gasteiger partial charge in [-0.25, -0.2) is 0 Å². The minimum absolute atomic E-state index is 0.123. The van der Waals surface area contributed by atoms with Gasteiger partial charge < -0.3 is 16.4 Å². The Balaban J connectivity index is 2.02. The molecule has 25 heavy (non-hydrogen) atoms. The summed E-state index contributed by atoms with van der Waals surface area (Å²) in [6.07, 6.45) is 0.843. The first-order chi connectivity index (χ1) is 11.8. The van der Waals surface area contributed by atoms with Gasteiger partial charge in [0.1, 0.15) is 0 Å². The van der Waals surface area contributed by atoms with Gasteiger partial charge in [0.2, 0.25) is 0 Å². The van der Waals surface area contributed by atoms with Crippen LogP contribution in [-0.4, -0.2) is 17.4 Å². The molecule has 5 heteroatoms. The van der Waals surface area contributed by atoms with E-state index in [1.165, 1.54) is 0 Å². The quantitative estimate of drug-likeness (QED) is 0.755. The molecule has 0 unspecified atom stereocenters. The van der Waals surface area contributed by atoms with Gasteiger partial charge in [-0.3, -0.25) is 9.59 Å². The molecule has 0 bridgehead atoms. The van der Waals surface area contributed by atoms with Crippen molar-refractivity contribution >= 4 is 17.5 Å². The molecule has 2 rings (SSSR count). The van der Waals surface area contributed by atoms with E-state index in [2.05, 4.69) is 10.6 Å². The van der Waals surface area contributed by atoms with Crippen LogP contribution < -0.4 is 16.4 Å². The van der Waals surface area contributed by atoms with Gasteiger partial charge in [-0.05, 0) is 62.2 Å². The zero-order valence-corrected chi connectivity index (χ0v) is 14.9. The van der Waals surface area contributed by atoms with Crippen molar-refractivity contribution in [1.29, 1.82) is 0 Å². The summed E-state index contributed by atoms with van der Waals surface area (Å²) in [5.74, 6) is -0.324. The van der Waals surface area contributed by atoms with E-state index in [-0.39, 0.29) is 17.4 Å². The van der Waals surface area contributed by atoms with Crippen molar-refractivity contribution in [2.45, 2.75) is 39.3 Å². The highest BCUT2D eigenvalue weighted by molar-refractivity contribution is 6.04. The van der Waals surface area contributed by atoms with Crippen LogP contribution in [0.3, 0.4) is 0 Å². The Bertz CT molecular complexity index is 735. The zero-order valence-electron chi connectivity index (χ0n) is 14.9. The molecule has 2 aromatic carbocycles. The monoisotopic (exact) mass is 339 g/mol. The smallest absolute Gasteiger partial charge is 0.255 e. The molecule has 0 radical (unpaired) electrons. The molecule has 0 aliphatic heterocycles. The third-order valence-electron chi connectivity index (χ3n) is 4.19. The molecule has 0 spiro atoms. The Labute approximate surface area is 148 Å². The molecule has 0 saturated heterocycles. The minimum atomic E-state index is -0.250. The molecule has 0 aliphatic rings. The average molecular weight is 339 g/mol. The summed E-state index contributed by atoms with van der Waals surface area (Å²) >= 11 is 0. The van der Waals surface area contributed by atoms with Gasteiger partial charge in [0.25, 0.3) is 11.8 Å². The molecule has 0 atom stereocenters. The van der Waals surface area contributed by atoms with Crippen molar-refractivity contribution < 1.29 is 9.59 Å². The molecule has 0 aromatic heterocycles. The predicted octanol–water partition coefficient (Wildman–Crippen LogP) is 3.32. The number of nitrogens with two attached hydrogens (primary N) is 1. The summed E-state index contributed by atoms with van der Waals surface area (Å²) in [7, 11) is 0. The summed E-state index contributed by atoms with van der Waals surface area (Å²) in [4.78, 5) is 24.5. The van der Waals surface area contributed by atoms with E-state index in [1.807, 2.05) is 32.9 Å². The number of carbonyl (C=O) groups excluding carboxylic acids is 2. The van der Waals surface area contributed by atoms with Gasteiger partial charge in [0.15, 0.2) is 0 Å². The first kappa shape index (κ1) is 18.7. The third kappa shape index (κ3) is 5.16. The molecule has 0 saturated carbocycles. The molecule has 5 nitrogen and oxygen atoms in total. The number of hydrogen-bond acceptors (Lipinski definition) is 3. The molecule has 132 valence electrons. The van der Waals surface area contributed by atoms with Crippen LogP contribution in [0.1, 0.15) is 53.5 Å². The zero-order chi connectivity index (χ0) is 18.4. The van der Waals surface area contributed by atoms with Gasteiger partial charge in [0.05, 0.1) is 0 Å². The van der Waals surface area contributed by atoms with Crippen molar-refractivity contribution in [2.75, 3.05) is 5.32 Å². The molecule has 0 heterocycles. The molecule has 2 aromatic rings. The summed E-state index contributed by atoms with van der Waals surface area (Å²) in [5.41, 5.74) is 8.03. The largest absolute Gasteiger partial charge is 0.347 e. The van der Waals surface area contributed by atoms with E-state index in [4.69, 9.17) is 5.73 Å². The number of hydrogen-bond donors (Lipinski definition) is 3. The molecule has 4 N–H and O–H groups in total. The second kappa shape index (κ2) is 7.94. The van der Waals surface area contributed by atoms with Crippen LogP contribution in [0.4, 0.5) is 5.69 Å². The van der Waals surface area contributed by atoms with Gasteiger partial charge in [-0.1, -0.05) is 19.1 Å². The maximum atomic E-state index is 12.2. The fourth-order valence-corrected chi connectivity index (χ4v) is 2.17. The van der Waals surface area contributed by atoms with Crippen LogP contribution in [0.2, 0.25) is 0 Å². The lowest BCUT2D eigenvalue weighted by molar-refractivity contribution is 0.0911. The Kier molecular flexibility index (Phi) is 5.93. The van der Waals surface area contributed by atoms with Gasteiger partial charge in [-0.15, -0.1) is 0 Å². The third-order valence-corrected chi connectivity index (χ3v) is 4.19. The highest BCUT2D eigenvalue weighted by atomic mass is 16.2. The van der Waals surface area contributed by atoms with E-state index >= 15 is 0 Å². The van der Waals surface area contributed by atoms with E-state index in [1.54, 1.807) is 36.4 Å². The van der Waals surface area contributed by atoms with E-state index < -0.39 is 0 Å². The maximum Gasteiger partial charge on any atom is 0.255 e. The number of amides is 2. The fourth-order valence-electron chi connectivity index (χ4n) is 2.17. The lowest BCUT2D eigenvalue weighted by atomic mass is 10.0. The highest BCUT2D eigenvalue weighted by Crippen LogP contribution is 2.14. The summed E-state index contributed by atoms with van der Waals surface area (Å²) in [5, 5.41) is 5.80. The van der Waals surface area contributed by atoms with Crippen molar-refractivity contribution in [1.82, 2.24) is 5.32 Å². The molecule has 2 amide bonds. The second-order valence-corrected chi connectivity index (χ2v) is 6.62. The maximum absolute atomic E-state index is 12.2. The highest BCUT2D eigenvalue weighted by Gasteiger charge is 2.18. The SMILES string of the molecule is CCC(C)(C)NC(=O)c1ccc(NC(=O)c2ccc(CN)cc2)cc1. The second-order valence-electron chi connectivity index (χ2n) is 6.62. The number of carbonyl (C=O) groups is 2. The predicted molar refractivity (Wildman–Crippen MR) is 101 cm³/mol. The molecular formula is C20H25N3O2. The number of anilines is 1. The Morgan fingerprint density at radius 1 is 0.920 bits per heavy atom. The van der Waals surface area contributed by atoms with Crippen LogP contribution in [-0.2, 0) is 6.54 Å². The Hall–Kier alpha value is -2.66. The molecule has 0 aliphatic carbocycles. The van der Waals surface area contributed by atoms with Crippen LogP contribution in [0.5, 0.6) is 0 Å². The summed E-state index contributed by atoms with van der Waals surface area (Å²) < 4.78 is 0. The van der Waals surface area contributed by atoms with Crippen molar-refractivity contribution in [3.05, 3.63) is 65.2 Å². The topological polar surface area (TPSA) is 84.2 Å². The first-order valence-electron chi connectivity index (χ1n) is 8.37. The van der Waals surface area contributed by atoms with Gasteiger partial charge in [-0.2, -0.15) is 0 Å². The standard InChI is InChI=1S/C20H25N3O2/c1-4-20(2,3)23-19(25)16-9-11-17(12-10-16)22-18(24)15-7-5-14(13-21)6-8-15/h5-12H,4,13,21H2,1-3H3,(H,22,24)(H,23,25). The Morgan fingerprint density at radius 2 is 1.44 bits per heavy atom. The van der Waals surface area contributed by atoms with E-state index in [0.29, 0.717) is 23.4 Å². The number of benzene rings is 2. The van der Waals surface area contributed by atoms with Crippen molar-refractivity contribution in [3.63, 3.8) is 0 Å².